The number of fused-ring (bicyclic) bond motifs is 1. The van der Waals surface area contributed by atoms with Crippen LogP contribution in [0.3, 0.4) is 0 Å². The van der Waals surface area contributed by atoms with Crippen molar-refractivity contribution in [3.8, 4) is 11.1 Å². The summed E-state index contributed by atoms with van der Waals surface area (Å²) in [6, 6.07) is 12.7. The second-order valence-corrected chi connectivity index (χ2v) is 6.23. The topological polar surface area (TPSA) is 32.3 Å². The SMILES string of the molecule is CN1CCN(c2ncnc3ccc(-c4ccc(F)cc4)cc23)CC1. The van der Waals surface area contributed by atoms with Crippen molar-refractivity contribution >= 4 is 16.7 Å². The number of hydrogen-bond donors (Lipinski definition) is 0. The lowest BCUT2D eigenvalue weighted by atomic mass is 10.0. The van der Waals surface area contributed by atoms with Crippen molar-refractivity contribution in [2.24, 2.45) is 0 Å². The molecule has 3 aromatic rings. The molecule has 122 valence electrons. The first kappa shape index (κ1) is 15.0. The van der Waals surface area contributed by atoms with Gasteiger partial charge < -0.3 is 9.80 Å². The van der Waals surface area contributed by atoms with E-state index in [2.05, 4.69) is 32.9 Å². The molecule has 2 heterocycles. The third kappa shape index (κ3) is 2.83. The van der Waals surface area contributed by atoms with Crippen molar-refractivity contribution < 1.29 is 4.39 Å². The molecule has 0 N–H and O–H groups in total. The van der Waals surface area contributed by atoms with Gasteiger partial charge in [0.1, 0.15) is 18.0 Å². The van der Waals surface area contributed by atoms with Gasteiger partial charge in [-0.1, -0.05) is 18.2 Å². The maximum atomic E-state index is 13.2. The molecule has 0 bridgehead atoms. The van der Waals surface area contributed by atoms with Crippen molar-refractivity contribution in [2.75, 3.05) is 38.1 Å². The van der Waals surface area contributed by atoms with Gasteiger partial charge >= 0.3 is 0 Å². The number of piperazine rings is 1. The van der Waals surface area contributed by atoms with Crippen molar-refractivity contribution in [3.63, 3.8) is 0 Å². The van der Waals surface area contributed by atoms with Crippen LogP contribution in [0, 0.1) is 5.82 Å². The fourth-order valence-corrected chi connectivity index (χ4v) is 3.14. The van der Waals surface area contributed by atoms with Gasteiger partial charge in [-0.2, -0.15) is 0 Å². The number of benzene rings is 2. The lowest BCUT2D eigenvalue weighted by Crippen LogP contribution is -2.44. The average Bonchev–Trinajstić information content (AvgIpc) is 2.62. The first-order chi connectivity index (χ1) is 11.7. The zero-order valence-electron chi connectivity index (χ0n) is 13.6. The van der Waals surface area contributed by atoms with Gasteiger partial charge in [0.2, 0.25) is 0 Å². The van der Waals surface area contributed by atoms with Crippen LogP contribution in [0.25, 0.3) is 22.0 Å². The molecule has 1 fully saturated rings. The number of hydrogen-bond acceptors (Lipinski definition) is 4. The van der Waals surface area contributed by atoms with E-state index in [1.165, 1.54) is 12.1 Å². The molecule has 1 aliphatic rings. The number of rotatable bonds is 2. The van der Waals surface area contributed by atoms with Crippen molar-refractivity contribution in [2.45, 2.75) is 0 Å². The van der Waals surface area contributed by atoms with E-state index in [9.17, 15) is 4.39 Å². The van der Waals surface area contributed by atoms with E-state index in [1.54, 1.807) is 18.5 Å². The molecule has 0 amide bonds. The summed E-state index contributed by atoms with van der Waals surface area (Å²) in [5.74, 6) is 0.762. The van der Waals surface area contributed by atoms with Gasteiger partial charge in [-0.25, -0.2) is 14.4 Å². The minimum atomic E-state index is -0.221. The summed E-state index contributed by atoms with van der Waals surface area (Å²) in [7, 11) is 2.14. The molecule has 0 radical (unpaired) electrons. The van der Waals surface area contributed by atoms with E-state index in [-0.39, 0.29) is 5.82 Å². The van der Waals surface area contributed by atoms with Crippen LogP contribution in [0.4, 0.5) is 10.2 Å². The predicted octanol–water partition coefficient (Wildman–Crippen LogP) is 3.19. The summed E-state index contributed by atoms with van der Waals surface area (Å²) in [5, 5.41) is 1.05. The van der Waals surface area contributed by atoms with E-state index >= 15 is 0 Å². The second-order valence-electron chi connectivity index (χ2n) is 6.23. The zero-order valence-corrected chi connectivity index (χ0v) is 13.6. The summed E-state index contributed by atoms with van der Waals surface area (Å²) in [6.07, 6.45) is 1.63. The van der Waals surface area contributed by atoms with E-state index in [0.717, 1.165) is 54.0 Å². The highest BCUT2D eigenvalue weighted by molar-refractivity contribution is 5.92. The summed E-state index contributed by atoms with van der Waals surface area (Å²) >= 11 is 0. The van der Waals surface area contributed by atoms with Crippen LogP contribution in [-0.4, -0.2) is 48.1 Å². The number of nitrogens with zero attached hydrogens (tertiary/aromatic N) is 4. The third-order valence-electron chi connectivity index (χ3n) is 4.59. The van der Waals surface area contributed by atoms with E-state index in [4.69, 9.17) is 0 Å². The van der Waals surface area contributed by atoms with Crippen LogP contribution in [0.15, 0.2) is 48.8 Å². The molecule has 1 aliphatic heterocycles. The van der Waals surface area contributed by atoms with Crippen molar-refractivity contribution in [1.29, 1.82) is 0 Å². The molecule has 4 rings (SSSR count). The Morgan fingerprint density at radius 3 is 2.33 bits per heavy atom. The molecule has 0 aliphatic carbocycles. The van der Waals surface area contributed by atoms with Gasteiger partial charge in [-0.15, -0.1) is 0 Å². The van der Waals surface area contributed by atoms with Gasteiger partial charge in [0.15, 0.2) is 0 Å². The van der Waals surface area contributed by atoms with Crippen LogP contribution in [0.2, 0.25) is 0 Å². The van der Waals surface area contributed by atoms with Crippen LogP contribution < -0.4 is 4.90 Å². The molecular formula is C19H19FN4. The molecule has 0 unspecified atom stereocenters. The van der Waals surface area contributed by atoms with E-state index in [0.29, 0.717) is 0 Å². The molecular weight excluding hydrogens is 303 g/mol. The second kappa shape index (κ2) is 6.17. The highest BCUT2D eigenvalue weighted by Gasteiger charge is 2.18. The minimum absolute atomic E-state index is 0.221. The van der Waals surface area contributed by atoms with Crippen molar-refractivity contribution in [1.82, 2.24) is 14.9 Å². The highest BCUT2D eigenvalue weighted by atomic mass is 19.1. The van der Waals surface area contributed by atoms with Gasteiger partial charge in [0, 0.05) is 31.6 Å². The van der Waals surface area contributed by atoms with Gasteiger partial charge in [0.25, 0.3) is 0 Å². The Labute approximate surface area is 140 Å². The Morgan fingerprint density at radius 1 is 0.875 bits per heavy atom. The number of halogens is 1. The third-order valence-corrected chi connectivity index (χ3v) is 4.59. The minimum Gasteiger partial charge on any atom is -0.353 e. The largest absolute Gasteiger partial charge is 0.353 e. The molecule has 0 atom stereocenters. The first-order valence-corrected chi connectivity index (χ1v) is 8.15. The fourth-order valence-electron chi connectivity index (χ4n) is 3.14. The number of aromatic nitrogens is 2. The standard InChI is InChI=1S/C19H19FN4/c1-23-8-10-24(11-9-23)19-17-12-15(4-7-18(17)21-13-22-19)14-2-5-16(20)6-3-14/h2-7,12-13H,8-11H2,1H3. The molecule has 1 saturated heterocycles. The Balaban J connectivity index is 1.77. The predicted molar refractivity (Wildman–Crippen MR) is 94.6 cm³/mol. The highest BCUT2D eigenvalue weighted by Crippen LogP contribution is 2.29. The maximum absolute atomic E-state index is 13.2. The summed E-state index contributed by atoms with van der Waals surface area (Å²) in [6.45, 7) is 3.99. The Hall–Kier alpha value is -2.53. The lowest BCUT2D eigenvalue weighted by Gasteiger charge is -2.33. The van der Waals surface area contributed by atoms with E-state index in [1.807, 2.05) is 12.1 Å². The maximum Gasteiger partial charge on any atom is 0.139 e. The Morgan fingerprint density at radius 2 is 1.58 bits per heavy atom. The normalized spacial score (nSPS) is 15.8. The molecule has 5 heteroatoms. The zero-order chi connectivity index (χ0) is 16.5. The fraction of sp³-hybridized carbons (Fsp3) is 0.263. The number of likely N-dealkylation sites (N-methyl/N-ethyl adjacent to an activating group) is 1. The molecule has 1 aromatic heterocycles. The van der Waals surface area contributed by atoms with Crippen LogP contribution in [0.5, 0.6) is 0 Å². The lowest BCUT2D eigenvalue weighted by molar-refractivity contribution is 0.312. The molecule has 2 aromatic carbocycles. The summed E-state index contributed by atoms with van der Waals surface area (Å²) in [4.78, 5) is 13.6. The molecule has 0 saturated carbocycles. The molecule has 24 heavy (non-hydrogen) atoms. The van der Waals surface area contributed by atoms with Crippen LogP contribution >= 0.6 is 0 Å². The number of anilines is 1. The summed E-state index contributed by atoms with van der Waals surface area (Å²) in [5.41, 5.74) is 2.98. The summed E-state index contributed by atoms with van der Waals surface area (Å²) < 4.78 is 13.2. The Bertz CT molecular complexity index is 855. The van der Waals surface area contributed by atoms with Gasteiger partial charge in [-0.3, -0.25) is 0 Å². The van der Waals surface area contributed by atoms with Gasteiger partial charge in [-0.05, 0) is 42.4 Å². The van der Waals surface area contributed by atoms with E-state index < -0.39 is 0 Å². The quantitative estimate of drug-likeness (QED) is 0.725. The van der Waals surface area contributed by atoms with Gasteiger partial charge in [0.05, 0.1) is 5.52 Å². The average molecular weight is 322 g/mol. The van der Waals surface area contributed by atoms with Crippen LogP contribution in [-0.2, 0) is 0 Å². The monoisotopic (exact) mass is 322 g/mol. The molecule has 0 spiro atoms. The molecule has 4 nitrogen and oxygen atoms in total. The van der Waals surface area contributed by atoms with Crippen molar-refractivity contribution in [3.05, 3.63) is 54.6 Å². The first-order valence-electron chi connectivity index (χ1n) is 8.15. The smallest absolute Gasteiger partial charge is 0.139 e. The van der Waals surface area contributed by atoms with Crippen LogP contribution in [0.1, 0.15) is 0 Å². The Kier molecular flexibility index (Phi) is 3.86.